The van der Waals surface area contributed by atoms with Gasteiger partial charge in [-0.2, -0.15) is 0 Å². The SMILES string of the molecule is CC1CCCC1CNCc1cccc(Br)c1. The first-order valence-corrected chi connectivity index (χ1v) is 7.00. The second-order valence-corrected chi connectivity index (χ2v) is 5.84. The number of hydrogen-bond acceptors (Lipinski definition) is 1. The van der Waals surface area contributed by atoms with Crippen LogP contribution in [0.1, 0.15) is 31.7 Å². The fraction of sp³-hybridized carbons (Fsp3) is 0.571. The van der Waals surface area contributed by atoms with Crippen LogP contribution in [0.2, 0.25) is 0 Å². The van der Waals surface area contributed by atoms with Crippen molar-refractivity contribution in [1.29, 1.82) is 0 Å². The van der Waals surface area contributed by atoms with Crippen LogP contribution in [0.4, 0.5) is 0 Å². The van der Waals surface area contributed by atoms with Crippen LogP contribution < -0.4 is 5.32 Å². The lowest BCUT2D eigenvalue weighted by Crippen LogP contribution is -2.23. The summed E-state index contributed by atoms with van der Waals surface area (Å²) in [7, 11) is 0. The van der Waals surface area contributed by atoms with Gasteiger partial charge in [-0.05, 0) is 42.5 Å². The molecule has 0 aliphatic heterocycles. The highest BCUT2D eigenvalue weighted by molar-refractivity contribution is 9.10. The summed E-state index contributed by atoms with van der Waals surface area (Å²) in [4.78, 5) is 0. The molecule has 2 heteroatoms. The van der Waals surface area contributed by atoms with Crippen LogP contribution in [-0.4, -0.2) is 6.54 Å². The average molecular weight is 282 g/mol. The van der Waals surface area contributed by atoms with E-state index in [9.17, 15) is 0 Å². The van der Waals surface area contributed by atoms with Crippen LogP contribution >= 0.6 is 15.9 Å². The third-order valence-corrected chi connectivity index (χ3v) is 4.16. The topological polar surface area (TPSA) is 12.0 Å². The second kappa shape index (κ2) is 5.83. The lowest BCUT2D eigenvalue weighted by molar-refractivity contribution is 0.392. The Kier molecular flexibility index (Phi) is 4.42. The predicted octanol–water partition coefficient (Wildman–Crippen LogP) is 3.97. The van der Waals surface area contributed by atoms with E-state index in [1.165, 1.54) is 35.8 Å². The Hall–Kier alpha value is -0.340. The highest BCUT2D eigenvalue weighted by Crippen LogP contribution is 2.30. The molecule has 0 amide bonds. The Morgan fingerprint density at radius 3 is 2.94 bits per heavy atom. The van der Waals surface area contributed by atoms with Gasteiger partial charge in [0.25, 0.3) is 0 Å². The zero-order valence-corrected chi connectivity index (χ0v) is 11.5. The maximum absolute atomic E-state index is 3.58. The van der Waals surface area contributed by atoms with Crippen LogP contribution in [0.5, 0.6) is 0 Å². The lowest BCUT2D eigenvalue weighted by atomic mass is 9.98. The molecule has 0 bridgehead atoms. The van der Waals surface area contributed by atoms with E-state index in [1.54, 1.807) is 0 Å². The number of nitrogens with one attached hydrogen (secondary N) is 1. The molecule has 16 heavy (non-hydrogen) atoms. The van der Waals surface area contributed by atoms with Crippen molar-refractivity contribution in [3.05, 3.63) is 34.3 Å². The Labute approximate surface area is 107 Å². The molecule has 1 aliphatic rings. The molecule has 1 nitrogen and oxygen atoms in total. The molecule has 88 valence electrons. The van der Waals surface area contributed by atoms with E-state index >= 15 is 0 Å². The molecule has 1 aromatic carbocycles. The first kappa shape index (κ1) is 12.1. The van der Waals surface area contributed by atoms with Gasteiger partial charge in [0.05, 0.1) is 0 Å². The monoisotopic (exact) mass is 281 g/mol. The summed E-state index contributed by atoms with van der Waals surface area (Å²) in [6.45, 7) is 4.55. The van der Waals surface area contributed by atoms with Gasteiger partial charge in [0.15, 0.2) is 0 Å². The first-order chi connectivity index (χ1) is 7.75. The van der Waals surface area contributed by atoms with Gasteiger partial charge in [0, 0.05) is 11.0 Å². The Balaban J connectivity index is 1.75. The average Bonchev–Trinajstić information content (AvgIpc) is 2.65. The number of halogens is 1. The number of rotatable bonds is 4. The van der Waals surface area contributed by atoms with Crippen LogP contribution in [0.3, 0.4) is 0 Å². The first-order valence-electron chi connectivity index (χ1n) is 6.21. The maximum atomic E-state index is 3.58. The Morgan fingerprint density at radius 1 is 1.38 bits per heavy atom. The third-order valence-electron chi connectivity index (χ3n) is 3.66. The fourth-order valence-electron chi connectivity index (χ4n) is 2.57. The van der Waals surface area contributed by atoms with E-state index < -0.39 is 0 Å². The molecular formula is C14H20BrN. The molecule has 0 radical (unpaired) electrons. The second-order valence-electron chi connectivity index (χ2n) is 4.93. The summed E-state index contributed by atoms with van der Waals surface area (Å²) in [6, 6.07) is 8.53. The molecular weight excluding hydrogens is 262 g/mol. The highest BCUT2D eigenvalue weighted by Gasteiger charge is 2.22. The fourth-order valence-corrected chi connectivity index (χ4v) is 3.02. The minimum absolute atomic E-state index is 0.896. The normalized spacial score (nSPS) is 24.9. The van der Waals surface area contributed by atoms with E-state index in [4.69, 9.17) is 0 Å². The molecule has 1 aromatic rings. The zero-order valence-electron chi connectivity index (χ0n) is 9.88. The molecule has 1 saturated carbocycles. The largest absolute Gasteiger partial charge is 0.312 e. The summed E-state index contributed by atoms with van der Waals surface area (Å²) < 4.78 is 1.17. The molecule has 0 saturated heterocycles. The van der Waals surface area contributed by atoms with Gasteiger partial charge >= 0.3 is 0 Å². The number of benzene rings is 1. The van der Waals surface area contributed by atoms with E-state index in [1.807, 2.05) is 0 Å². The molecule has 0 aromatic heterocycles. The Morgan fingerprint density at radius 2 is 2.25 bits per heavy atom. The van der Waals surface area contributed by atoms with Gasteiger partial charge in [-0.25, -0.2) is 0 Å². The quantitative estimate of drug-likeness (QED) is 0.881. The maximum Gasteiger partial charge on any atom is 0.0206 e. The molecule has 1 aliphatic carbocycles. The third kappa shape index (κ3) is 3.33. The van der Waals surface area contributed by atoms with Gasteiger partial charge in [-0.15, -0.1) is 0 Å². The van der Waals surface area contributed by atoms with E-state index in [-0.39, 0.29) is 0 Å². The standard InChI is InChI=1S/C14H20BrN/c1-11-4-2-6-13(11)10-16-9-12-5-3-7-14(15)8-12/h3,5,7-8,11,13,16H,2,4,6,9-10H2,1H3. The lowest BCUT2D eigenvalue weighted by Gasteiger charge is -2.15. The van der Waals surface area contributed by atoms with Crippen molar-refractivity contribution in [2.24, 2.45) is 11.8 Å². The van der Waals surface area contributed by atoms with Gasteiger partial charge < -0.3 is 5.32 Å². The number of hydrogen-bond donors (Lipinski definition) is 1. The van der Waals surface area contributed by atoms with Gasteiger partial charge in [-0.1, -0.05) is 47.8 Å². The zero-order chi connectivity index (χ0) is 11.4. The van der Waals surface area contributed by atoms with Crippen LogP contribution in [-0.2, 0) is 6.54 Å². The predicted molar refractivity (Wildman–Crippen MR) is 72.4 cm³/mol. The summed E-state index contributed by atoms with van der Waals surface area (Å²) in [6.07, 6.45) is 4.25. The minimum atomic E-state index is 0.896. The van der Waals surface area contributed by atoms with Crippen LogP contribution in [0.15, 0.2) is 28.7 Å². The Bertz CT molecular complexity index is 337. The van der Waals surface area contributed by atoms with E-state index in [2.05, 4.69) is 52.4 Å². The summed E-state index contributed by atoms with van der Waals surface area (Å²) >= 11 is 3.50. The van der Waals surface area contributed by atoms with Crippen molar-refractivity contribution < 1.29 is 0 Å². The van der Waals surface area contributed by atoms with Crippen LogP contribution in [0, 0.1) is 11.8 Å². The molecule has 1 N–H and O–H groups in total. The molecule has 0 heterocycles. The van der Waals surface area contributed by atoms with Crippen molar-refractivity contribution in [2.75, 3.05) is 6.54 Å². The van der Waals surface area contributed by atoms with Gasteiger partial charge in [-0.3, -0.25) is 0 Å². The molecule has 2 unspecified atom stereocenters. The van der Waals surface area contributed by atoms with Crippen molar-refractivity contribution in [3.63, 3.8) is 0 Å². The van der Waals surface area contributed by atoms with Crippen molar-refractivity contribution in [3.8, 4) is 0 Å². The van der Waals surface area contributed by atoms with Crippen LogP contribution in [0.25, 0.3) is 0 Å². The minimum Gasteiger partial charge on any atom is -0.312 e. The van der Waals surface area contributed by atoms with Crippen molar-refractivity contribution >= 4 is 15.9 Å². The van der Waals surface area contributed by atoms with Crippen molar-refractivity contribution in [1.82, 2.24) is 5.32 Å². The van der Waals surface area contributed by atoms with Gasteiger partial charge in [0.1, 0.15) is 0 Å². The molecule has 0 spiro atoms. The summed E-state index contributed by atoms with van der Waals surface area (Å²) in [5, 5.41) is 3.58. The highest BCUT2D eigenvalue weighted by atomic mass is 79.9. The molecule has 2 atom stereocenters. The van der Waals surface area contributed by atoms with E-state index in [0.717, 1.165) is 18.4 Å². The van der Waals surface area contributed by atoms with Crippen molar-refractivity contribution in [2.45, 2.75) is 32.7 Å². The molecule has 1 fully saturated rings. The van der Waals surface area contributed by atoms with Gasteiger partial charge in [0.2, 0.25) is 0 Å². The summed E-state index contributed by atoms with van der Waals surface area (Å²) in [5.41, 5.74) is 1.36. The molecule has 2 rings (SSSR count). The summed E-state index contributed by atoms with van der Waals surface area (Å²) in [5.74, 6) is 1.81. The smallest absolute Gasteiger partial charge is 0.0206 e. The van der Waals surface area contributed by atoms with E-state index in [0.29, 0.717) is 0 Å².